The zero-order chi connectivity index (χ0) is 30.1. The average Bonchev–Trinajstić information content (AvgIpc) is 3.45. The van der Waals surface area contributed by atoms with E-state index in [9.17, 15) is 5.11 Å². The first kappa shape index (κ1) is 27.3. The first-order chi connectivity index (χ1) is 21.3. The molecule has 8 rings (SSSR count). The summed E-state index contributed by atoms with van der Waals surface area (Å²) in [5.74, 6) is 0.470. The van der Waals surface area contributed by atoms with Crippen LogP contribution in [0.15, 0.2) is 132 Å². The molecule has 2 fully saturated rings. The van der Waals surface area contributed by atoms with Crippen LogP contribution < -0.4 is 0 Å². The smallest absolute Gasteiger partial charge is 0.126 e. The third-order valence-corrected chi connectivity index (χ3v) is 11.5. The van der Waals surface area contributed by atoms with Crippen LogP contribution in [0.5, 0.6) is 0 Å². The third kappa shape index (κ3) is 3.80. The highest BCUT2D eigenvalue weighted by Crippen LogP contribution is 2.72. The van der Waals surface area contributed by atoms with Gasteiger partial charge in [-0.25, -0.2) is 0 Å². The van der Waals surface area contributed by atoms with Gasteiger partial charge in [0.05, 0.1) is 11.5 Å². The Bertz CT molecular complexity index is 2010. The largest absolute Gasteiger partial charge is 0.379 e. The molecular formula is C42H39NO. The van der Waals surface area contributed by atoms with E-state index in [2.05, 4.69) is 148 Å². The van der Waals surface area contributed by atoms with Crippen molar-refractivity contribution in [3.05, 3.63) is 144 Å². The van der Waals surface area contributed by atoms with Crippen molar-refractivity contribution < 1.29 is 5.11 Å². The summed E-state index contributed by atoms with van der Waals surface area (Å²) in [5.41, 5.74) is 2.32. The summed E-state index contributed by atoms with van der Waals surface area (Å²) >= 11 is 0. The summed E-state index contributed by atoms with van der Waals surface area (Å²) in [5, 5.41) is 20.9. The maximum absolute atomic E-state index is 13.8. The fourth-order valence-electron chi connectivity index (χ4n) is 8.99. The lowest BCUT2D eigenvalue weighted by atomic mass is 9.54. The Morgan fingerprint density at radius 1 is 0.659 bits per heavy atom. The highest BCUT2D eigenvalue weighted by atomic mass is 16.3. The first-order valence-corrected chi connectivity index (χ1v) is 16.1. The topological polar surface area (TPSA) is 32.6 Å². The Morgan fingerprint density at radius 2 is 1.14 bits per heavy atom. The molecule has 3 atom stereocenters. The van der Waals surface area contributed by atoms with Crippen molar-refractivity contribution >= 4 is 38.0 Å². The molecule has 0 amide bonds. The van der Waals surface area contributed by atoms with Crippen molar-refractivity contribution in [3.8, 4) is 0 Å². The summed E-state index contributed by atoms with van der Waals surface area (Å²) in [6.45, 7) is 7.00. The van der Waals surface area contributed by atoms with Crippen LogP contribution in [-0.4, -0.2) is 10.8 Å². The first-order valence-electron chi connectivity index (χ1n) is 16.1. The van der Waals surface area contributed by atoms with Crippen LogP contribution in [0.25, 0.3) is 32.3 Å². The van der Waals surface area contributed by atoms with Crippen LogP contribution in [-0.2, 0) is 5.60 Å². The molecule has 0 saturated heterocycles. The molecule has 2 saturated carbocycles. The molecule has 6 aromatic rings. The number of rotatable bonds is 5. The van der Waals surface area contributed by atoms with E-state index in [1.54, 1.807) is 0 Å². The van der Waals surface area contributed by atoms with Gasteiger partial charge >= 0.3 is 0 Å². The fourth-order valence-corrected chi connectivity index (χ4v) is 8.99. The van der Waals surface area contributed by atoms with Crippen molar-refractivity contribution in [3.63, 3.8) is 0 Å². The number of benzene rings is 6. The van der Waals surface area contributed by atoms with Crippen molar-refractivity contribution in [2.45, 2.75) is 51.7 Å². The second-order valence-corrected chi connectivity index (χ2v) is 13.8. The molecule has 0 heterocycles. The van der Waals surface area contributed by atoms with Crippen molar-refractivity contribution in [2.24, 2.45) is 21.7 Å². The maximum Gasteiger partial charge on any atom is 0.126 e. The Labute approximate surface area is 260 Å². The van der Waals surface area contributed by atoms with Crippen molar-refractivity contribution in [1.29, 1.82) is 0 Å². The van der Waals surface area contributed by atoms with Gasteiger partial charge in [-0.2, -0.15) is 0 Å². The second-order valence-electron chi connectivity index (χ2n) is 13.8. The number of hydrogen-bond donors (Lipinski definition) is 1. The minimum atomic E-state index is -1.27. The van der Waals surface area contributed by atoms with E-state index in [-0.39, 0.29) is 11.5 Å². The number of fused-ring (bicyclic) bond motifs is 5. The highest BCUT2D eigenvalue weighted by molar-refractivity contribution is 5.98. The van der Waals surface area contributed by atoms with Crippen LogP contribution in [0, 0.1) is 16.7 Å². The minimum Gasteiger partial charge on any atom is -0.379 e. The molecule has 0 unspecified atom stereocenters. The van der Waals surface area contributed by atoms with Gasteiger partial charge < -0.3 is 5.11 Å². The van der Waals surface area contributed by atoms with Crippen molar-refractivity contribution in [2.75, 3.05) is 0 Å². The molecule has 0 aliphatic heterocycles. The fraction of sp³-hybridized carbons (Fsp3) is 0.262. The highest BCUT2D eigenvalue weighted by Gasteiger charge is 2.71. The summed E-state index contributed by atoms with van der Waals surface area (Å²) in [6, 6.07) is 45.3. The maximum atomic E-state index is 13.8. The van der Waals surface area contributed by atoms with Gasteiger partial charge in [-0.05, 0) is 105 Å². The Kier molecular flexibility index (Phi) is 6.12. The van der Waals surface area contributed by atoms with Crippen molar-refractivity contribution in [1.82, 2.24) is 0 Å². The third-order valence-electron chi connectivity index (χ3n) is 11.5. The van der Waals surface area contributed by atoms with Gasteiger partial charge in [-0.1, -0.05) is 123 Å². The number of hydrogen-bond acceptors (Lipinski definition) is 2. The predicted molar refractivity (Wildman–Crippen MR) is 184 cm³/mol. The number of aliphatic imine (C=N–C) groups is 1. The molecule has 0 radical (unpaired) electrons. The van der Waals surface area contributed by atoms with E-state index < -0.39 is 11.0 Å². The van der Waals surface area contributed by atoms with E-state index in [4.69, 9.17) is 4.99 Å². The molecule has 218 valence electrons. The molecule has 2 bridgehead atoms. The lowest BCUT2D eigenvalue weighted by Gasteiger charge is -2.51. The molecule has 2 nitrogen and oxygen atoms in total. The molecule has 2 aliphatic rings. The van der Waals surface area contributed by atoms with Crippen LogP contribution in [0.1, 0.15) is 62.8 Å². The molecule has 2 aliphatic carbocycles. The molecule has 0 aromatic heterocycles. The van der Waals surface area contributed by atoms with Gasteiger partial charge in [0.15, 0.2) is 0 Å². The summed E-state index contributed by atoms with van der Waals surface area (Å²) in [7, 11) is 0. The van der Waals surface area contributed by atoms with Crippen LogP contribution in [0.2, 0.25) is 0 Å². The quantitative estimate of drug-likeness (QED) is 0.219. The van der Waals surface area contributed by atoms with Gasteiger partial charge in [0.2, 0.25) is 0 Å². The lowest BCUT2D eigenvalue weighted by Crippen LogP contribution is -2.55. The van der Waals surface area contributed by atoms with E-state index in [1.165, 1.54) is 32.8 Å². The Hall–Kier alpha value is -4.27. The molecule has 2 heteroatoms. The molecule has 44 heavy (non-hydrogen) atoms. The van der Waals surface area contributed by atoms with E-state index in [0.29, 0.717) is 5.92 Å². The number of nitrogens with zero attached hydrogens (tertiary/aromatic N) is 1. The average molecular weight is 574 g/mol. The molecule has 0 spiro atoms. The predicted octanol–water partition coefficient (Wildman–Crippen LogP) is 10.4. The van der Waals surface area contributed by atoms with Crippen LogP contribution >= 0.6 is 0 Å². The zero-order valence-corrected chi connectivity index (χ0v) is 25.8. The second kappa shape index (κ2) is 9.87. The summed E-state index contributed by atoms with van der Waals surface area (Å²) < 4.78 is 0. The minimum absolute atomic E-state index is 0.0147. The van der Waals surface area contributed by atoms with Crippen LogP contribution in [0.3, 0.4) is 0 Å². The molecular weight excluding hydrogens is 534 g/mol. The van der Waals surface area contributed by atoms with Gasteiger partial charge in [0, 0.05) is 5.71 Å². The van der Waals surface area contributed by atoms with Crippen LogP contribution in [0.4, 0.5) is 0 Å². The summed E-state index contributed by atoms with van der Waals surface area (Å²) in [4.78, 5) is 5.60. The normalized spacial score (nSPS) is 22.7. The van der Waals surface area contributed by atoms with Gasteiger partial charge in [-0.3, -0.25) is 4.99 Å². The number of aliphatic hydroxyl groups is 1. The van der Waals surface area contributed by atoms with E-state index in [1.807, 2.05) is 0 Å². The molecule has 1 N–H and O–H groups in total. The Morgan fingerprint density at radius 3 is 1.66 bits per heavy atom. The van der Waals surface area contributed by atoms with Gasteiger partial charge in [0.25, 0.3) is 0 Å². The Balaban J connectivity index is 1.36. The lowest BCUT2D eigenvalue weighted by molar-refractivity contribution is -0.0630. The SMILES string of the molecule is C[C@H](N=C1C[C@H]2CC[C@]1(C(O)(c1ccc3ccccc3c1)c1ccc3ccccc3c1)C2(C)C)c1ccc2ccccc2c1. The van der Waals surface area contributed by atoms with E-state index in [0.717, 1.165) is 41.2 Å². The van der Waals surface area contributed by atoms with E-state index >= 15 is 0 Å². The standard InChI is InChI=1S/C42H39NO/c1-28(32-17-16-29-10-4-7-13-33(29)24-32)43-39-27-36-22-23-41(39,40(36,2)3)42(44,37-20-18-30-11-5-8-14-34(30)25-37)38-21-19-31-12-6-9-15-35(31)26-38/h4-21,24-26,28,36,44H,22-23,27H2,1-3H3/t28-,36+,41+/m0/s1. The monoisotopic (exact) mass is 573 g/mol. The van der Waals surface area contributed by atoms with Gasteiger partial charge in [0.1, 0.15) is 5.60 Å². The van der Waals surface area contributed by atoms with Gasteiger partial charge in [-0.15, -0.1) is 0 Å². The summed E-state index contributed by atoms with van der Waals surface area (Å²) in [6.07, 6.45) is 2.93. The zero-order valence-electron chi connectivity index (χ0n) is 25.8. The molecule has 6 aromatic carbocycles.